The van der Waals surface area contributed by atoms with Crippen molar-refractivity contribution in [2.24, 2.45) is 11.7 Å². The fourth-order valence-electron chi connectivity index (χ4n) is 4.16. The van der Waals surface area contributed by atoms with Gasteiger partial charge in [-0.25, -0.2) is 4.98 Å². The summed E-state index contributed by atoms with van der Waals surface area (Å²) in [4.78, 5) is 7.37. The van der Waals surface area contributed by atoms with Crippen LogP contribution in [0.4, 0.5) is 5.82 Å². The van der Waals surface area contributed by atoms with Gasteiger partial charge < -0.3 is 10.6 Å². The molecule has 2 aliphatic rings. The van der Waals surface area contributed by atoms with Gasteiger partial charge in [0.05, 0.1) is 0 Å². The summed E-state index contributed by atoms with van der Waals surface area (Å²) in [5.74, 6) is 2.11. The fourth-order valence-corrected chi connectivity index (χ4v) is 4.16. The van der Waals surface area contributed by atoms with Crippen LogP contribution in [0, 0.1) is 5.92 Å². The molecule has 0 aromatic carbocycles. The van der Waals surface area contributed by atoms with E-state index in [1.165, 1.54) is 56.5 Å². The average molecular weight is 287 g/mol. The molecule has 1 aromatic rings. The lowest BCUT2D eigenvalue weighted by atomic mass is 9.78. The highest BCUT2D eigenvalue weighted by molar-refractivity contribution is 5.49. The van der Waals surface area contributed by atoms with Gasteiger partial charge in [0.2, 0.25) is 0 Å². The molecule has 3 unspecified atom stereocenters. The Kier molecular flexibility index (Phi) is 4.79. The maximum absolute atomic E-state index is 6.19. The Morgan fingerprint density at radius 2 is 2.10 bits per heavy atom. The molecule has 1 aliphatic heterocycles. The van der Waals surface area contributed by atoms with E-state index in [1.54, 1.807) is 0 Å². The molecular weight excluding hydrogens is 258 g/mol. The van der Waals surface area contributed by atoms with Crippen LogP contribution < -0.4 is 10.6 Å². The van der Waals surface area contributed by atoms with Gasteiger partial charge in [0.1, 0.15) is 5.82 Å². The molecule has 1 saturated heterocycles. The predicted octanol–water partition coefficient (Wildman–Crippen LogP) is 3.52. The summed E-state index contributed by atoms with van der Waals surface area (Å²) in [6.07, 6.45) is 12.2. The van der Waals surface area contributed by atoms with Crippen LogP contribution in [-0.4, -0.2) is 23.6 Å². The van der Waals surface area contributed by atoms with Gasteiger partial charge >= 0.3 is 0 Å². The zero-order valence-corrected chi connectivity index (χ0v) is 13.3. The molecule has 1 aliphatic carbocycles. The number of piperidine rings is 1. The predicted molar refractivity (Wildman–Crippen MR) is 88.5 cm³/mol. The Bertz CT molecular complexity index is 458. The first-order valence-electron chi connectivity index (χ1n) is 8.75. The summed E-state index contributed by atoms with van der Waals surface area (Å²) in [5.41, 5.74) is 7.53. The van der Waals surface area contributed by atoms with Gasteiger partial charge in [0.25, 0.3) is 0 Å². The quantitative estimate of drug-likeness (QED) is 0.921. The van der Waals surface area contributed by atoms with Crippen molar-refractivity contribution in [3.8, 4) is 0 Å². The molecule has 1 saturated carbocycles. The van der Waals surface area contributed by atoms with Gasteiger partial charge in [-0.05, 0) is 56.1 Å². The molecule has 2 N–H and O–H groups in total. The smallest absolute Gasteiger partial charge is 0.132 e. The van der Waals surface area contributed by atoms with Crippen LogP contribution in [-0.2, 0) is 6.42 Å². The highest BCUT2D eigenvalue weighted by Crippen LogP contribution is 2.38. The summed E-state index contributed by atoms with van der Waals surface area (Å²) in [6, 6.07) is 5.26. The number of hydrogen-bond acceptors (Lipinski definition) is 3. The summed E-state index contributed by atoms with van der Waals surface area (Å²) < 4.78 is 0. The summed E-state index contributed by atoms with van der Waals surface area (Å²) >= 11 is 0. The lowest BCUT2D eigenvalue weighted by molar-refractivity contribution is 0.242. The lowest BCUT2D eigenvalue weighted by Crippen LogP contribution is -2.47. The average Bonchev–Trinajstić information content (AvgIpc) is 2.55. The number of pyridine rings is 1. The number of nitrogens with zero attached hydrogens (tertiary/aromatic N) is 2. The van der Waals surface area contributed by atoms with E-state index in [2.05, 4.69) is 24.0 Å². The van der Waals surface area contributed by atoms with E-state index in [-0.39, 0.29) is 6.04 Å². The van der Waals surface area contributed by atoms with Gasteiger partial charge in [0, 0.05) is 24.8 Å². The second-order valence-electron chi connectivity index (χ2n) is 6.81. The molecule has 1 aromatic heterocycles. The molecular formula is C18H29N3. The summed E-state index contributed by atoms with van der Waals surface area (Å²) in [5, 5.41) is 0. The molecule has 0 bridgehead atoms. The minimum Gasteiger partial charge on any atom is -0.353 e. The normalized spacial score (nSPS) is 27.2. The number of anilines is 1. The zero-order chi connectivity index (χ0) is 14.7. The van der Waals surface area contributed by atoms with Crippen molar-refractivity contribution in [3.05, 3.63) is 23.9 Å². The molecule has 0 amide bonds. The van der Waals surface area contributed by atoms with Crippen LogP contribution in [0.3, 0.4) is 0 Å². The molecule has 21 heavy (non-hydrogen) atoms. The SMILES string of the molecule is CCC(N)Cc1cccnc1N1CCCC2CCCCC21. The van der Waals surface area contributed by atoms with Crippen molar-refractivity contribution in [1.82, 2.24) is 4.98 Å². The lowest BCUT2D eigenvalue weighted by Gasteiger charge is -2.45. The van der Waals surface area contributed by atoms with Crippen LogP contribution in [0.1, 0.15) is 57.4 Å². The first-order chi connectivity index (χ1) is 10.3. The molecule has 3 heteroatoms. The van der Waals surface area contributed by atoms with Crippen molar-refractivity contribution in [2.75, 3.05) is 11.4 Å². The van der Waals surface area contributed by atoms with Crippen LogP contribution in [0.2, 0.25) is 0 Å². The third kappa shape index (κ3) is 3.23. The van der Waals surface area contributed by atoms with E-state index in [0.717, 1.165) is 24.8 Å². The minimum absolute atomic E-state index is 0.250. The maximum atomic E-state index is 6.19. The molecule has 2 heterocycles. The molecule has 0 spiro atoms. The van der Waals surface area contributed by atoms with Crippen molar-refractivity contribution in [3.63, 3.8) is 0 Å². The zero-order valence-electron chi connectivity index (χ0n) is 13.3. The largest absolute Gasteiger partial charge is 0.353 e. The van der Waals surface area contributed by atoms with Crippen molar-refractivity contribution in [2.45, 2.75) is 70.4 Å². The Hall–Kier alpha value is -1.09. The monoisotopic (exact) mass is 287 g/mol. The van der Waals surface area contributed by atoms with Gasteiger partial charge in [0.15, 0.2) is 0 Å². The molecule has 3 nitrogen and oxygen atoms in total. The molecule has 116 valence electrons. The van der Waals surface area contributed by atoms with Gasteiger partial charge in [-0.1, -0.05) is 25.8 Å². The number of aromatic nitrogens is 1. The Morgan fingerprint density at radius 3 is 2.95 bits per heavy atom. The molecule has 0 radical (unpaired) electrons. The van der Waals surface area contributed by atoms with E-state index >= 15 is 0 Å². The van der Waals surface area contributed by atoms with E-state index in [9.17, 15) is 0 Å². The van der Waals surface area contributed by atoms with Crippen molar-refractivity contribution >= 4 is 5.82 Å². The molecule has 2 fully saturated rings. The van der Waals surface area contributed by atoms with Crippen molar-refractivity contribution in [1.29, 1.82) is 0 Å². The number of fused-ring (bicyclic) bond motifs is 1. The minimum atomic E-state index is 0.250. The third-order valence-corrected chi connectivity index (χ3v) is 5.39. The second kappa shape index (κ2) is 6.78. The first kappa shape index (κ1) is 14.8. The molecule has 3 rings (SSSR count). The van der Waals surface area contributed by atoms with Crippen LogP contribution >= 0.6 is 0 Å². The van der Waals surface area contributed by atoms with E-state index in [4.69, 9.17) is 10.7 Å². The van der Waals surface area contributed by atoms with Gasteiger partial charge in [-0.15, -0.1) is 0 Å². The van der Waals surface area contributed by atoms with E-state index in [0.29, 0.717) is 0 Å². The topological polar surface area (TPSA) is 42.1 Å². The van der Waals surface area contributed by atoms with Gasteiger partial charge in [-0.2, -0.15) is 0 Å². The number of rotatable bonds is 4. The Balaban J connectivity index is 1.84. The number of hydrogen-bond donors (Lipinski definition) is 1. The second-order valence-corrected chi connectivity index (χ2v) is 6.81. The summed E-state index contributed by atoms with van der Waals surface area (Å²) in [7, 11) is 0. The van der Waals surface area contributed by atoms with E-state index < -0.39 is 0 Å². The van der Waals surface area contributed by atoms with Crippen LogP contribution in [0.5, 0.6) is 0 Å². The summed E-state index contributed by atoms with van der Waals surface area (Å²) in [6.45, 7) is 3.34. The first-order valence-corrected chi connectivity index (χ1v) is 8.75. The van der Waals surface area contributed by atoms with Crippen LogP contribution in [0.15, 0.2) is 18.3 Å². The van der Waals surface area contributed by atoms with Crippen molar-refractivity contribution < 1.29 is 0 Å². The standard InChI is InChI=1S/C18H29N3/c1-2-16(19)13-15-8-5-11-20-18(15)21-12-6-9-14-7-3-4-10-17(14)21/h5,8,11,14,16-17H,2-4,6-7,9-10,12-13,19H2,1H3. The Labute approximate surface area is 128 Å². The highest BCUT2D eigenvalue weighted by atomic mass is 15.2. The maximum Gasteiger partial charge on any atom is 0.132 e. The van der Waals surface area contributed by atoms with Gasteiger partial charge in [-0.3, -0.25) is 0 Å². The highest BCUT2D eigenvalue weighted by Gasteiger charge is 2.34. The third-order valence-electron chi connectivity index (χ3n) is 5.39. The molecule has 3 atom stereocenters. The van der Waals surface area contributed by atoms with Crippen LogP contribution in [0.25, 0.3) is 0 Å². The fraction of sp³-hybridized carbons (Fsp3) is 0.722. The van der Waals surface area contributed by atoms with E-state index in [1.807, 2.05) is 6.20 Å². The number of nitrogens with two attached hydrogens (primary N) is 1. The Morgan fingerprint density at radius 1 is 1.29 bits per heavy atom.